The third kappa shape index (κ3) is 3.29. The first-order valence-corrected chi connectivity index (χ1v) is 10.5. The third-order valence-electron chi connectivity index (χ3n) is 7.21. The minimum atomic E-state index is -0.465. The number of methoxy groups -OCH3 is 1. The molecule has 1 saturated carbocycles. The molecule has 1 fully saturated rings. The van der Waals surface area contributed by atoms with E-state index in [-0.39, 0.29) is 23.4 Å². The van der Waals surface area contributed by atoms with Crippen LogP contribution >= 0.6 is 0 Å². The standard InChI is InChI=1S/C23H33NO4/c1-6-24(7-2)21(26)28-17-11-9-16-10-12-19-22(3,18(16)15-17)13-8-14-23(19,4)20(25)27-5/h9,11,15,19H,6-8,10,12-14H2,1-5H3/t19-,22-,23+/m1/s1. The van der Waals surface area contributed by atoms with Gasteiger partial charge in [-0.05, 0) is 81.0 Å². The molecular formula is C23H33NO4. The first kappa shape index (κ1) is 20.7. The van der Waals surface area contributed by atoms with Crippen LogP contribution in [-0.2, 0) is 21.4 Å². The summed E-state index contributed by atoms with van der Waals surface area (Å²) < 4.78 is 10.9. The summed E-state index contributed by atoms with van der Waals surface area (Å²) in [5, 5.41) is 0. The maximum absolute atomic E-state index is 12.7. The van der Waals surface area contributed by atoms with E-state index in [4.69, 9.17) is 9.47 Å². The first-order chi connectivity index (χ1) is 13.3. The minimum Gasteiger partial charge on any atom is -0.469 e. The molecule has 0 unspecified atom stereocenters. The normalized spacial score (nSPS) is 28.7. The van der Waals surface area contributed by atoms with Gasteiger partial charge < -0.3 is 14.4 Å². The summed E-state index contributed by atoms with van der Waals surface area (Å²) >= 11 is 0. The van der Waals surface area contributed by atoms with E-state index in [1.54, 1.807) is 4.90 Å². The highest BCUT2D eigenvalue weighted by molar-refractivity contribution is 5.77. The quantitative estimate of drug-likeness (QED) is 0.702. The van der Waals surface area contributed by atoms with Gasteiger partial charge in [-0.15, -0.1) is 0 Å². The average Bonchev–Trinajstić information content (AvgIpc) is 2.68. The molecule has 0 N–H and O–H groups in total. The SMILES string of the molecule is CCN(CC)C(=O)Oc1ccc2c(c1)[C@@]1(C)CCC[C@](C)(C(=O)OC)[C@@H]1CC2. The summed E-state index contributed by atoms with van der Waals surface area (Å²) in [6.45, 7) is 9.47. The molecule has 0 spiro atoms. The van der Waals surface area contributed by atoms with Crippen LogP contribution in [0.25, 0.3) is 0 Å². The van der Waals surface area contributed by atoms with E-state index in [0.717, 1.165) is 32.1 Å². The molecule has 0 bridgehead atoms. The van der Waals surface area contributed by atoms with Crippen molar-refractivity contribution < 1.29 is 19.1 Å². The molecule has 5 nitrogen and oxygen atoms in total. The van der Waals surface area contributed by atoms with Gasteiger partial charge >= 0.3 is 12.1 Å². The Morgan fingerprint density at radius 3 is 2.54 bits per heavy atom. The molecule has 3 rings (SSSR count). The Labute approximate surface area is 168 Å². The molecule has 0 heterocycles. The Bertz CT molecular complexity index is 757. The van der Waals surface area contributed by atoms with Gasteiger partial charge in [0.15, 0.2) is 0 Å². The van der Waals surface area contributed by atoms with E-state index in [9.17, 15) is 9.59 Å². The lowest BCUT2D eigenvalue weighted by Gasteiger charge is -2.54. The van der Waals surface area contributed by atoms with Crippen molar-refractivity contribution in [1.82, 2.24) is 4.90 Å². The fraction of sp³-hybridized carbons (Fsp3) is 0.652. The van der Waals surface area contributed by atoms with Gasteiger partial charge in [0.25, 0.3) is 0 Å². The zero-order valence-electron chi connectivity index (χ0n) is 17.8. The molecule has 1 aromatic rings. The van der Waals surface area contributed by atoms with Crippen LogP contribution in [-0.4, -0.2) is 37.2 Å². The second-order valence-electron chi connectivity index (χ2n) is 8.63. The van der Waals surface area contributed by atoms with Crippen molar-refractivity contribution in [1.29, 1.82) is 0 Å². The van der Waals surface area contributed by atoms with Gasteiger partial charge in [-0.25, -0.2) is 4.79 Å². The topological polar surface area (TPSA) is 55.8 Å². The number of fused-ring (bicyclic) bond motifs is 3. The summed E-state index contributed by atoms with van der Waals surface area (Å²) in [7, 11) is 1.49. The number of carbonyl (C=O) groups is 2. The van der Waals surface area contributed by atoms with Gasteiger partial charge in [0, 0.05) is 13.1 Å². The van der Waals surface area contributed by atoms with E-state index in [0.29, 0.717) is 18.8 Å². The number of aryl methyl sites for hydroxylation is 1. The lowest BCUT2D eigenvalue weighted by atomic mass is 9.50. The summed E-state index contributed by atoms with van der Waals surface area (Å²) in [5.74, 6) is 0.710. The average molecular weight is 388 g/mol. The summed E-state index contributed by atoms with van der Waals surface area (Å²) in [5.41, 5.74) is 1.94. The Hall–Kier alpha value is -2.04. The van der Waals surface area contributed by atoms with Gasteiger partial charge in [-0.1, -0.05) is 19.4 Å². The van der Waals surface area contributed by atoms with Crippen molar-refractivity contribution in [3.05, 3.63) is 29.3 Å². The number of benzene rings is 1. The number of ether oxygens (including phenoxy) is 2. The van der Waals surface area contributed by atoms with Crippen molar-refractivity contribution in [2.45, 2.75) is 65.2 Å². The van der Waals surface area contributed by atoms with Crippen LogP contribution in [0.2, 0.25) is 0 Å². The zero-order chi connectivity index (χ0) is 20.5. The van der Waals surface area contributed by atoms with E-state index in [1.807, 2.05) is 26.0 Å². The van der Waals surface area contributed by atoms with Crippen LogP contribution in [0.5, 0.6) is 5.75 Å². The molecule has 1 aromatic carbocycles. The van der Waals surface area contributed by atoms with E-state index in [2.05, 4.69) is 19.9 Å². The molecule has 0 saturated heterocycles. The molecule has 5 heteroatoms. The summed E-state index contributed by atoms with van der Waals surface area (Å²) in [6, 6.07) is 6.02. The zero-order valence-corrected chi connectivity index (χ0v) is 17.8. The number of hydrogen-bond acceptors (Lipinski definition) is 4. The predicted molar refractivity (Wildman–Crippen MR) is 109 cm³/mol. The van der Waals surface area contributed by atoms with E-state index < -0.39 is 5.41 Å². The van der Waals surface area contributed by atoms with Crippen LogP contribution in [0.1, 0.15) is 64.5 Å². The maximum atomic E-state index is 12.7. The van der Waals surface area contributed by atoms with Gasteiger partial charge in [-0.3, -0.25) is 4.79 Å². The molecule has 2 aliphatic rings. The second kappa shape index (κ2) is 7.76. The molecule has 2 aliphatic carbocycles. The number of amides is 1. The van der Waals surface area contributed by atoms with Gasteiger partial charge in [0.05, 0.1) is 12.5 Å². The third-order valence-corrected chi connectivity index (χ3v) is 7.21. The fourth-order valence-corrected chi connectivity index (χ4v) is 5.63. The highest BCUT2D eigenvalue weighted by atomic mass is 16.6. The van der Waals surface area contributed by atoms with Crippen molar-refractivity contribution in [3.63, 3.8) is 0 Å². The molecule has 28 heavy (non-hydrogen) atoms. The lowest BCUT2D eigenvalue weighted by Crippen LogP contribution is -2.52. The monoisotopic (exact) mass is 387 g/mol. The molecular weight excluding hydrogens is 354 g/mol. The van der Waals surface area contributed by atoms with Crippen LogP contribution in [0.4, 0.5) is 4.79 Å². The van der Waals surface area contributed by atoms with Crippen molar-refractivity contribution in [3.8, 4) is 5.75 Å². The molecule has 154 valence electrons. The van der Waals surface area contributed by atoms with Crippen molar-refractivity contribution in [2.24, 2.45) is 11.3 Å². The predicted octanol–water partition coefficient (Wildman–Crippen LogP) is 4.71. The van der Waals surface area contributed by atoms with Gasteiger partial charge in [0.2, 0.25) is 0 Å². The van der Waals surface area contributed by atoms with Crippen LogP contribution in [0.3, 0.4) is 0 Å². The molecule has 0 aliphatic heterocycles. The van der Waals surface area contributed by atoms with Crippen LogP contribution in [0, 0.1) is 11.3 Å². The largest absolute Gasteiger partial charge is 0.469 e. The highest BCUT2D eigenvalue weighted by Crippen LogP contribution is 2.57. The Kier molecular flexibility index (Phi) is 5.74. The van der Waals surface area contributed by atoms with Crippen molar-refractivity contribution in [2.75, 3.05) is 20.2 Å². The first-order valence-electron chi connectivity index (χ1n) is 10.5. The summed E-state index contributed by atoms with van der Waals surface area (Å²) in [6.07, 6.45) is 4.49. The minimum absolute atomic E-state index is 0.101. The van der Waals surface area contributed by atoms with Crippen LogP contribution in [0.15, 0.2) is 18.2 Å². The second-order valence-corrected chi connectivity index (χ2v) is 8.63. The lowest BCUT2D eigenvalue weighted by molar-refractivity contribution is -0.161. The maximum Gasteiger partial charge on any atom is 0.415 e. The van der Waals surface area contributed by atoms with Gasteiger partial charge in [-0.2, -0.15) is 0 Å². The number of carbonyl (C=O) groups excluding carboxylic acids is 2. The number of esters is 1. The Morgan fingerprint density at radius 1 is 1.18 bits per heavy atom. The summed E-state index contributed by atoms with van der Waals surface area (Å²) in [4.78, 5) is 26.7. The van der Waals surface area contributed by atoms with Gasteiger partial charge in [0.1, 0.15) is 5.75 Å². The van der Waals surface area contributed by atoms with Crippen molar-refractivity contribution >= 4 is 12.1 Å². The Balaban J connectivity index is 1.95. The number of rotatable bonds is 4. The van der Waals surface area contributed by atoms with Crippen LogP contribution < -0.4 is 4.74 Å². The fourth-order valence-electron chi connectivity index (χ4n) is 5.63. The van der Waals surface area contributed by atoms with E-state index >= 15 is 0 Å². The highest BCUT2D eigenvalue weighted by Gasteiger charge is 2.55. The Morgan fingerprint density at radius 2 is 1.89 bits per heavy atom. The molecule has 0 aromatic heterocycles. The smallest absolute Gasteiger partial charge is 0.415 e. The molecule has 1 amide bonds. The molecule has 0 radical (unpaired) electrons. The molecule has 3 atom stereocenters. The van der Waals surface area contributed by atoms with E-state index in [1.165, 1.54) is 18.2 Å². The number of nitrogens with zero attached hydrogens (tertiary/aromatic N) is 1. The number of hydrogen-bond donors (Lipinski definition) is 0.